The van der Waals surface area contributed by atoms with E-state index in [9.17, 15) is 4.79 Å². The molecule has 1 aromatic rings. The zero-order valence-corrected chi connectivity index (χ0v) is 10.9. The number of anilines is 2. The highest BCUT2D eigenvalue weighted by Crippen LogP contribution is 2.33. The Labute approximate surface area is 110 Å². The summed E-state index contributed by atoms with van der Waals surface area (Å²) < 4.78 is 4.01. The van der Waals surface area contributed by atoms with Crippen LogP contribution in [0, 0.1) is 5.92 Å². The maximum Gasteiger partial charge on any atom is 0.255 e. The number of carbonyl (C=O) groups is 1. The largest absolute Gasteiger partial charge is 0.396 e. The second kappa shape index (κ2) is 5.53. The molecule has 1 atom stereocenters. The van der Waals surface area contributed by atoms with Crippen molar-refractivity contribution >= 4 is 28.3 Å². The smallest absolute Gasteiger partial charge is 0.255 e. The van der Waals surface area contributed by atoms with Gasteiger partial charge in [-0.3, -0.25) is 4.79 Å². The summed E-state index contributed by atoms with van der Waals surface area (Å²) in [6, 6.07) is 0. The van der Waals surface area contributed by atoms with E-state index < -0.39 is 5.91 Å². The third kappa shape index (κ3) is 2.56. The molecule has 0 saturated carbocycles. The lowest BCUT2D eigenvalue weighted by Gasteiger charge is -2.33. The van der Waals surface area contributed by atoms with E-state index in [2.05, 4.69) is 9.27 Å². The molecule has 1 fully saturated rings. The molecule has 1 aliphatic heterocycles. The average Bonchev–Trinajstić information content (AvgIpc) is 2.72. The molecule has 6 nitrogen and oxygen atoms in total. The Hall–Kier alpha value is -1.34. The van der Waals surface area contributed by atoms with Crippen molar-refractivity contribution in [1.29, 1.82) is 0 Å². The van der Waals surface area contributed by atoms with Gasteiger partial charge in [-0.25, -0.2) is 0 Å². The number of aliphatic hydroxyl groups excluding tert-OH is 1. The van der Waals surface area contributed by atoms with Crippen molar-refractivity contribution in [3.63, 3.8) is 0 Å². The first-order valence-corrected chi connectivity index (χ1v) is 6.81. The molecule has 0 aliphatic carbocycles. The average molecular weight is 270 g/mol. The molecule has 2 rings (SSSR count). The van der Waals surface area contributed by atoms with Gasteiger partial charge in [0.25, 0.3) is 5.91 Å². The number of amides is 1. The van der Waals surface area contributed by atoms with Crippen molar-refractivity contribution in [2.75, 3.05) is 30.3 Å². The van der Waals surface area contributed by atoms with Gasteiger partial charge in [0.2, 0.25) is 0 Å². The fourth-order valence-electron chi connectivity index (χ4n) is 2.41. The van der Waals surface area contributed by atoms with Crippen molar-refractivity contribution in [3.05, 3.63) is 5.56 Å². The molecule has 100 valence electrons. The van der Waals surface area contributed by atoms with E-state index in [1.54, 1.807) is 0 Å². The Morgan fingerprint density at radius 1 is 1.61 bits per heavy atom. The lowest BCUT2D eigenvalue weighted by molar-refractivity contribution is 0.100. The summed E-state index contributed by atoms with van der Waals surface area (Å²) in [5, 5.41) is 9.77. The number of primary amides is 1. The van der Waals surface area contributed by atoms with Crippen LogP contribution in [0.3, 0.4) is 0 Å². The highest BCUT2D eigenvalue weighted by atomic mass is 32.1. The van der Waals surface area contributed by atoms with E-state index in [0.717, 1.165) is 37.4 Å². The number of carbonyl (C=O) groups excluding carboxylic acids is 1. The lowest BCUT2D eigenvalue weighted by Crippen LogP contribution is -2.36. The number of nitrogens with zero attached hydrogens (tertiary/aromatic N) is 2. The van der Waals surface area contributed by atoms with Crippen LogP contribution in [-0.4, -0.2) is 35.1 Å². The molecule has 2 heterocycles. The van der Waals surface area contributed by atoms with Crippen LogP contribution >= 0.6 is 11.5 Å². The van der Waals surface area contributed by atoms with Gasteiger partial charge in [-0.15, -0.1) is 0 Å². The van der Waals surface area contributed by atoms with Crippen molar-refractivity contribution in [2.45, 2.75) is 19.3 Å². The zero-order chi connectivity index (χ0) is 13.1. The number of nitrogen functional groups attached to an aromatic ring is 1. The maximum atomic E-state index is 11.4. The molecule has 18 heavy (non-hydrogen) atoms. The van der Waals surface area contributed by atoms with Gasteiger partial charge in [0.1, 0.15) is 10.6 Å². The van der Waals surface area contributed by atoms with Crippen LogP contribution in [0.5, 0.6) is 0 Å². The Balaban J connectivity index is 2.18. The normalized spacial score (nSPS) is 20.1. The number of nitrogens with two attached hydrogens (primary N) is 2. The number of hydrogen-bond acceptors (Lipinski definition) is 6. The summed E-state index contributed by atoms with van der Waals surface area (Å²) in [4.78, 5) is 13.5. The number of piperidine rings is 1. The van der Waals surface area contributed by atoms with Gasteiger partial charge in [-0.05, 0) is 36.7 Å². The van der Waals surface area contributed by atoms with Crippen LogP contribution in [-0.2, 0) is 0 Å². The van der Waals surface area contributed by atoms with Crippen molar-refractivity contribution in [1.82, 2.24) is 4.37 Å². The van der Waals surface area contributed by atoms with Gasteiger partial charge in [-0.2, -0.15) is 4.37 Å². The molecule has 1 aromatic heterocycles. The standard InChI is InChI=1S/C11H18N4O2S/c12-9-8(10(13)17)11(18-14-9)15-4-1-2-7(6-15)3-5-16/h7,16H,1-6H2,(H2,12,14)(H2,13,17). The molecule has 1 unspecified atom stereocenters. The van der Waals surface area contributed by atoms with E-state index >= 15 is 0 Å². The number of hydrogen-bond donors (Lipinski definition) is 3. The first-order valence-electron chi connectivity index (χ1n) is 6.04. The topological polar surface area (TPSA) is 105 Å². The molecule has 7 heteroatoms. The number of aromatic nitrogens is 1. The SMILES string of the molecule is NC(=O)c1c(N)nsc1N1CCCC(CCO)C1. The molecule has 1 aliphatic rings. The number of rotatable bonds is 4. The van der Waals surface area contributed by atoms with Gasteiger partial charge in [0.15, 0.2) is 5.82 Å². The van der Waals surface area contributed by atoms with E-state index in [1.807, 2.05) is 0 Å². The summed E-state index contributed by atoms with van der Waals surface area (Å²) in [6.07, 6.45) is 2.94. The highest BCUT2D eigenvalue weighted by molar-refractivity contribution is 7.11. The van der Waals surface area contributed by atoms with Crippen molar-refractivity contribution in [3.8, 4) is 0 Å². The van der Waals surface area contributed by atoms with E-state index in [4.69, 9.17) is 16.6 Å². The first-order chi connectivity index (χ1) is 8.63. The predicted octanol–water partition coefficient (Wildman–Crippen LogP) is 0.423. The molecular formula is C11H18N4O2S. The zero-order valence-electron chi connectivity index (χ0n) is 10.1. The summed E-state index contributed by atoms with van der Waals surface area (Å²) in [6.45, 7) is 1.90. The monoisotopic (exact) mass is 270 g/mol. The maximum absolute atomic E-state index is 11.4. The Bertz CT molecular complexity index is 433. The summed E-state index contributed by atoms with van der Waals surface area (Å²) >= 11 is 1.22. The summed E-state index contributed by atoms with van der Waals surface area (Å²) in [5.41, 5.74) is 11.4. The highest BCUT2D eigenvalue weighted by Gasteiger charge is 2.26. The fourth-order valence-corrected chi connectivity index (χ4v) is 3.26. The molecule has 0 spiro atoms. The Kier molecular flexibility index (Phi) is 4.03. The number of aliphatic hydroxyl groups is 1. The molecule has 0 aromatic carbocycles. The van der Waals surface area contributed by atoms with Crippen LogP contribution in [0.1, 0.15) is 29.6 Å². The van der Waals surface area contributed by atoms with Crippen LogP contribution in [0.2, 0.25) is 0 Å². The van der Waals surface area contributed by atoms with E-state index in [0.29, 0.717) is 11.5 Å². The fraction of sp³-hybridized carbons (Fsp3) is 0.636. The van der Waals surface area contributed by atoms with Crippen LogP contribution in [0.15, 0.2) is 0 Å². The van der Waals surface area contributed by atoms with E-state index in [-0.39, 0.29) is 12.4 Å². The molecule has 1 saturated heterocycles. The minimum absolute atomic E-state index is 0.200. The third-order valence-corrected chi connectivity index (χ3v) is 4.21. The Morgan fingerprint density at radius 2 is 2.39 bits per heavy atom. The van der Waals surface area contributed by atoms with Crippen LogP contribution < -0.4 is 16.4 Å². The molecular weight excluding hydrogens is 252 g/mol. The van der Waals surface area contributed by atoms with Crippen molar-refractivity contribution < 1.29 is 9.90 Å². The Morgan fingerprint density at radius 3 is 3.06 bits per heavy atom. The van der Waals surface area contributed by atoms with E-state index in [1.165, 1.54) is 11.5 Å². The second-order valence-electron chi connectivity index (χ2n) is 4.58. The summed E-state index contributed by atoms with van der Waals surface area (Å²) in [7, 11) is 0. The van der Waals surface area contributed by atoms with Crippen LogP contribution in [0.4, 0.5) is 10.8 Å². The molecule has 0 radical (unpaired) electrons. The van der Waals surface area contributed by atoms with Crippen molar-refractivity contribution in [2.24, 2.45) is 11.7 Å². The minimum Gasteiger partial charge on any atom is -0.396 e. The molecule has 5 N–H and O–H groups in total. The van der Waals surface area contributed by atoms with Gasteiger partial charge in [0.05, 0.1) is 0 Å². The quantitative estimate of drug-likeness (QED) is 0.735. The molecule has 1 amide bonds. The van der Waals surface area contributed by atoms with Gasteiger partial charge in [-0.1, -0.05) is 0 Å². The summed E-state index contributed by atoms with van der Waals surface area (Å²) in [5.74, 6) is 0.139. The van der Waals surface area contributed by atoms with Crippen LogP contribution in [0.25, 0.3) is 0 Å². The van der Waals surface area contributed by atoms with Gasteiger partial charge in [0, 0.05) is 19.7 Å². The molecule has 0 bridgehead atoms. The second-order valence-corrected chi connectivity index (χ2v) is 5.33. The van der Waals surface area contributed by atoms with Gasteiger partial charge >= 0.3 is 0 Å². The van der Waals surface area contributed by atoms with Gasteiger partial charge < -0.3 is 21.5 Å². The first kappa shape index (κ1) is 13.1. The minimum atomic E-state index is -0.527. The third-order valence-electron chi connectivity index (χ3n) is 3.29. The predicted molar refractivity (Wildman–Crippen MR) is 71.7 cm³/mol. The lowest BCUT2D eigenvalue weighted by atomic mass is 9.95.